The van der Waals surface area contributed by atoms with Gasteiger partial charge in [0.1, 0.15) is 0 Å². The van der Waals surface area contributed by atoms with Crippen LogP contribution in [0.3, 0.4) is 0 Å². The maximum atomic E-state index is 12.6. The summed E-state index contributed by atoms with van der Waals surface area (Å²) in [6, 6.07) is 6.16. The highest BCUT2D eigenvalue weighted by Gasteiger charge is 2.26. The number of carbonyl (C=O) groups is 1. The van der Waals surface area contributed by atoms with Gasteiger partial charge in [-0.05, 0) is 37.0 Å². The molecule has 7 nitrogen and oxygen atoms in total. The second-order valence-corrected chi connectivity index (χ2v) is 6.65. The zero-order valence-electron chi connectivity index (χ0n) is 15.1. The van der Waals surface area contributed by atoms with Gasteiger partial charge in [0, 0.05) is 25.2 Å². The molecule has 0 bridgehead atoms. The number of benzene rings is 1. The number of nitrogens with one attached hydrogen (secondary N) is 1. The van der Waals surface area contributed by atoms with Crippen molar-refractivity contribution in [1.29, 1.82) is 0 Å². The van der Waals surface area contributed by atoms with Crippen molar-refractivity contribution in [1.82, 2.24) is 25.2 Å². The van der Waals surface area contributed by atoms with Crippen LogP contribution in [0.15, 0.2) is 28.9 Å². The Balaban J connectivity index is 1.54. The predicted molar refractivity (Wildman–Crippen MR) is 95.6 cm³/mol. The van der Waals surface area contributed by atoms with Gasteiger partial charge in [-0.25, -0.2) is 0 Å². The highest BCUT2D eigenvalue weighted by atomic mass is 16.5. The van der Waals surface area contributed by atoms with Crippen LogP contribution in [0.25, 0.3) is 11.4 Å². The Labute approximate surface area is 151 Å². The van der Waals surface area contributed by atoms with E-state index in [9.17, 15) is 4.79 Å². The molecular weight excluding hydrogens is 330 g/mol. The minimum Gasteiger partial charge on any atom is -0.345 e. The minimum atomic E-state index is -0.0803. The molecule has 0 radical (unpaired) electrons. The summed E-state index contributed by atoms with van der Waals surface area (Å²) in [7, 11) is 1.82. The molecule has 0 saturated heterocycles. The highest BCUT2D eigenvalue weighted by molar-refractivity contribution is 5.95. The van der Waals surface area contributed by atoms with Crippen molar-refractivity contribution >= 4 is 5.91 Å². The number of rotatable bonds is 4. The van der Waals surface area contributed by atoms with Crippen molar-refractivity contribution in [3.8, 4) is 11.4 Å². The first kappa shape index (κ1) is 16.5. The Morgan fingerprint density at radius 1 is 1.42 bits per heavy atom. The Kier molecular flexibility index (Phi) is 4.06. The summed E-state index contributed by atoms with van der Waals surface area (Å²) in [5.74, 6) is 1.17. The molecule has 1 amide bonds. The van der Waals surface area contributed by atoms with E-state index in [4.69, 9.17) is 4.52 Å². The van der Waals surface area contributed by atoms with Crippen LogP contribution in [0.2, 0.25) is 0 Å². The molecule has 1 N–H and O–H groups in total. The first-order valence-electron chi connectivity index (χ1n) is 8.82. The number of nitrogens with zero attached hydrogens (tertiary/aromatic N) is 4. The van der Waals surface area contributed by atoms with Gasteiger partial charge in [0.05, 0.1) is 17.3 Å². The van der Waals surface area contributed by atoms with Crippen molar-refractivity contribution in [3.05, 3.63) is 52.7 Å². The Morgan fingerprint density at radius 3 is 2.96 bits per heavy atom. The molecule has 2 aromatic heterocycles. The molecule has 1 aliphatic rings. The third-order valence-electron chi connectivity index (χ3n) is 4.81. The lowest BCUT2D eigenvalue weighted by molar-refractivity contribution is 0.0936. The smallest absolute Gasteiger partial charge is 0.255 e. The molecular formula is C19H21N5O2. The number of hydrogen-bond acceptors (Lipinski definition) is 5. The van der Waals surface area contributed by atoms with Gasteiger partial charge >= 0.3 is 0 Å². The lowest BCUT2D eigenvalue weighted by Crippen LogP contribution is -2.27. The zero-order valence-corrected chi connectivity index (χ0v) is 15.1. The molecule has 1 aromatic carbocycles. The first-order chi connectivity index (χ1) is 12.5. The maximum Gasteiger partial charge on any atom is 0.255 e. The molecule has 0 spiro atoms. The molecule has 4 rings (SSSR count). The van der Waals surface area contributed by atoms with Crippen LogP contribution in [-0.4, -0.2) is 25.8 Å². The fourth-order valence-electron chi connectivity index (χ4n) is 3.48. The van der Waals surface area contributed by atoms with Gasteiger partial charge in [-0.2, -0.15) is 10.1 Å². The number of carbonyl (C=O) groups excluding carboxylic acids is 1. The minimum absolute atomic E-state index is 0.0163. The summed E-state index contributed by atoms with van der Waals surface area (Å²) in [6.07, 6.45) is 4.28. The normalized spacial score (nSPS) is 15.9. The van der Waals surface area contributed by atoms with E-state index in [0.717, 1.165) is 36.1 Å². The monoisotopic (exact) mass is 351 g/mol. The van der Waals surface area contributed by atoms with Gasteiger partial charge in [0.25, 0.3) is 5.91 Å². The molecule has 3 aromatic rings. The third-order valence-corrected chi connectivity index (χ3v) is 4.81. The Morgan fingerprint density at radius 2 is 2.27 bits per heavy atom. The molecule has 134 valence electrons. The summed E-state index contributed by atoms with van der Waals surface area (Å²) in [5, 5.41) is 11.4. The van der Waals surface area contributed by atoms with Crippen molar-refractivity contribution in [2.24, 2.45) is 7.05 Å². The van der Waals surface area contributed by atoms with E-state index >= 15 is 0 Å². The summed E-state index contributed by atoms with van der Waals surface area (Å²) in [6.45, 7) is 3.83. The molecule has 1 unspecified atom stereocenters. The van der Waals surface area contributed by atoms with Crippen molar-refractivity contribution < 1.29 is 9.32 Å². The van der Waals surface area contributed by atoms with Crippen molar-refractivity contribution in [2.75, 3.05) is 0 Å². The summed E-state index contributed by atoms with van der Waals surface area (Å²) >= 11 is 0. The largest absolute Gasteiger partial charge is 0.345 e. The Bertz CT molecular complexity index is 972. The maximum absolute atomic E-state index is 12.6. The van der Waals surface area contributed by atoms with E-state index in [2.05, 4.69) is 32.7 Å². The zero-order chi connectivity index (χ0) is 18.3. The fourth-order valence-corrected chi connectivity index (χ4v) is 3.48. The van der Waals surface area contributed by atoms with E-state index in [0.29, 0.717) is 17.3 Å². The second-order valence-electron chi connectivity index (χ2n) is 6.65. The molecule has 1 atom stereocenters. The molecule has 7 heteroatoms. The molecule has 0 saturated carbocycles. The second kappa shape index (κ2) is 6.40. The number of aromatic nitrogens is 4. The van der Waals surface area contributed by atoms with Crippen LogP contribution < -0.4 is 5.32 Å². The van der Waals surface area contributed by atoms with Crippen molar-refractivity contribution in [2.45, 2.75) is 39.2 Å². The topological polar surface area (TPSA) is 85.8 Å². The molecule has 0 fully saturated rings. The third kappa shape index (κ3) is 2.89. The van der Waals surface area contributed by atoms with Crippen LogP contribution in [0, 0.1) is 6.92 Å². The summed E-state index contributed by atoms with van der Waals surface area (Å²) in [4.78, 5) is 17.0. The Hall–Kier alpha value is -2.96. The van der Waals surface area contributed by atoms with E-state index in [1.165, 1.54) is 5.56 Å². The molecule has 2 heterocycles. The number of hydrogen-bond donors (Lipinski definition) is 1. The van der Waals surface area contributed by atoms with Gasteiger partial charge in [-0.15, -0.1) is 0 Å². The van der Waals surface area contributed by atoms with E-state index in [1.54, 1.807) is 10.9 Å². The molecule has 1 aliphatic carbocycles. The number of fused-ring (bicyclic) bond motifs is 1. The first-order valence-corrected chi connectivity index (χ1v) is 8.82. The lowest BCUT2D eigenvalue weighted by Gasteiger charge is -2.14. The predicted octanol–water partition coefficient (Wildman–Crippen LogP) is 2.76. The van der Waals surface area contributed by atoms with Crippen LogP contribution in [0.1, 0.15) is 52.5 Å². The van der Waals surface area contributed by atoms with Crippen molar-refractivity contribution in [3.63, 3.8) is 0 Å². The lowest BCUT2D eigenvalue weighted by atomic mass is 10.0. The van der Waals surface area contributed by atoms with Crippen LogP contribution in [0.4, 0.5) is 0 Å². The van der Waals surface area contributed by atoms with E-state index in [1.807, 2.05) is 27.0 Å². The standard InChI is InChI=1S/C19H21N5O2/c1-4-17-21-18(23-26-17)13-5-7-14-12(9-13)6-8-16(14)20-19(25)15-10-24(3)22-11(15)2/h5,7,9-10,16H,4,6,8H2,1-3H3,(H,20,25). The highest BCUT2D eigenvalue weighted by Crippen LogP contribution is 2.34. The molecule has 0 aliphatic heterocycles. The SMILES string of the molecule is CCc1nc(-c2ccc3c(c2)CCC3NC(=O)c2cn(C)nc2C)no1. The van der Waals surface area contributed by atoms with Gasteiger partial charge in [-0.1, -0.05) is 24.2 Å². The molecule has 26 heavy (non-hydrogen) atoms. The van der Waals surface area contributed by atoms with Gasteiger partial charge in [0.2, 0.25) is 11.7 Å². The average Bonchev–Trinajstić information content (AvgIpc) is 3.33. The van der Waals surface area contributed by atoms with E-state index < -0.39 is 0 Å². The van der Waals surface area contributed by atoms with Crippen LogP contribution in [0.5, 0.6) is 0 Å². The van der Waals surface area contributed by atoms with Crippen LogP contribution in [-0.2, 0) is 19.9 Å². The van der Waals surface area contributed by atoms with Crippen LogP contribution >= 0.6 is 0 Å². The summed E-state index contributed by atoms with van der Waals surface area (Å²) in [5.41, 5.74) is 4.68. The average molecular weight is 351 g/mol. The fraction of sp³-hybridized carbons (Fsp3) is 0.368. The quantitative estimate of drug-likeness (QED) is 0.781. The number of aryl methyl sites for hydroxylation is 4. The summed E-state index contributed by atoms with van der Waals surface area (Å²) < 4.78 is 6.86. The number of amides is 1. The van der Waals surface area contributed by atoms with E-state index in [-0.39, 0.29) is 11.9 Å². The van der Waals surface area contributed by atoms with Gasteiger partial charge < -0.3 is 9.84 Å². The van der Waals surface area contributed by atoms with Gasteiger partial charge in [-0.3, -0.25) is 9.48 Å². The van der Waals surface area contributed by atoms with Gasteiger partial charge in [0.15, 0.2) is 0 Å².